The van der Waals surface area contributed by atoms with Gasteiger partial charge in [-0.1, -0.05) is 30.3 Å². The van der Waals surface area contributed by atoms with Crippen LogP contribution in [-0.4, -0.2) is 12.1 Å². The summed E-state index contributed by atoms with van der Waals surface area (Å²) in [7, 11) is 0. The first kappa shape index (κ1) is 10.3. The number of hydrogen-bond donors (Lipinski definition) is 0. The third-order valence-electron chi connectivity index (χ3n) is 2.69. The van der Waals surface area contributed by atoms with E-state index in [4.69, 9.17) is 0 Å². The number of fused-ring (bicyclic) bond motifs is 1. The van der Waals surface area contributed by atoms with Crippen LogP contribution in [0, 0.1) is 0 Å². The van der Waals surface area contributed by atoms with Crippen LogP contribution in [0.1, 0.15) is 18.1 Å². The quantitative estimate of drug-likeness (QED) is 0.702. The number of alkyl halides is 3. The molecular weight excluding hydrogens is 201 g/mol. The second-order valence-electron chi connectivity index (χ2n) is 3.72. The lowest BCUT2D eigenvalue weighted by molar-refractivity contribution is -0.00853. The molecule has 2 rings (SSSR count). The van der Waals surface area contributed by atoms with Crippen molar-refractivity contribution in [3.63, 3.8) is 0 Å². The fourth-order valence-corrected chi connectivity index (χ4v) is 1.81. The van der Waals surface area contributed by atoms with E-state index in [-0.39, 0.29) is 5.57 Å². The predicted octanol–water partition coefficient (Wildman–Crippen LogP) is 3.62. The van der Waals surface area contributed by atoms with Crippen LogP contribution >= 0.6 is 0 Å². The highest BCUT2D eigenvalue weighted by molar-refractivity contribution is 5.77. The summed E-state index contributed by atoms with van der Waals surface area (Å²) < 4.78 is 39.8. The van der Waals surface area contributed by atoms with Crippen molar-refractivity contribution < 1.29 is 13.2 Å². The molecule has 80 valence electrons. The summed E-state index contributed by atoms with van der Waals surface area (Å²) in [4.78, 5) is 0. The highest BCUT2D eigenvalue weighted by Crippen LogP contribution is 2.41. The molecular formula is C12H11F3. The van der Waals surface area contributed by atoms with Gasteiger partial charge in [0, 0.05) is 5.57 Å². The van der Waals surface area contributed by atoms with Crippen LogP contribution in [0.25, 0.3) is 5.57 Å². The van der Waals surface area contributed by atoms with E-state index in [0.29, 0.717) is 12.0 Å². The number of benzene rings is 1. The lowest BCUT2D eigenvalue weighted by atomic mass is 9.98. The Morgan fingerprint density at radius 2 is 1.93 bits per heavy atom. The summed E-state index contributed by atoms with van der Waals surface area (Å²) >= 11 is 0. The first-order valence-corrected chi connectivity index (χ1v) is 4.84. The molecule has 0 saturated heterocycles. The van der Waals surface area contributed by atoms with Gasteiger partial charge in [-0.15, -0.1) is 0 Å². The van der Waals surface area contributed by atoms with Gasteiger partial charge in [-0.05, 0) is 24.5 Å². The lowest BCUT2D eigenvalue weighted by Gasteiger charge is -2.20. The molecule has 15 heavy (non-hydrogen) atoms. The number of halogens is 3. The summed E-state index contributed by atoms with van der Waals surface area (Å²) in [5.74, 6) is -3.38. The fourth-order valence-electron chi connectivity index (χ4n) is 1.81. The number of rotatable bonds is 2. The van der Waals surface area contributed by atoms with E-state index in [1.807, 2.05) is 0 Å². The van der Waals surface area contributed by atoms with Gasteiger partial charge in [-0.2, -0.15) is 8.78 Å². The second kappa shape index (κ2) is 3.40. The minimum Gasteiger partial charge on any atom is -0.241 e. The molecule has 0 aliphatic heterocycles. The molecule has 3 heteroatoms. The summed E-state index contributed by atoms with van der Waals surface area (Å²) in [5.41, 5.74) is 1.15. The third kappa shape index (κ3) is 1.56. The van der Waals surface area contributed by atoms with Gasteiger partial charge < -0.3 is 0 Å². The maximum Gasteiger partial charge on any atom is 0.303 e. The van der Waals surface area contributed by atoms with Crippen LogP contribution in [0.5, 0.6) is 0 Å². The van der Waals surface area contributed by atoms with E-state index < -0.39 is 12.1 Å². The van der Waals surface area contributed by atoms with Gasteiger partial charge in [-0.25, -0.2) is 4.39 Å². The van der Waals surface area contributed by atoms with Crippen LogP contribution in [0.3, 0.4) is 0 Å². The predicted molar refractivity (Wildman–Crippen MR) is 53.6 cm³/mol. The first-order valence-electron chi connectivity index (χ1n) is 4.84. The Bertz CT molecular complexity index is 405. The van der Waals surface area contributed by atoms with E-state index in [2.05, 4.69) is 0 Å². The minimum atomic E-state index is -3.38. The Labute approximate surface area is 86.4 Å². The topological polar surface area (TPSA) is 0 Å². The van der Waals surface area contributed by atoms with Crippen molar-refractivity contribution >= 4 is 5.57 Å². The molecule has 1 aliphatic rings. The zero-order valence-electron chi connectivity index (χ0n) is 8.31. The van der Waals surface area contributed by atoms with E-state index >= 15 is 0 Å². The minimum absolute atomic E-state index is 0.173. The SMILES string of the molecule is CC(F)C(F)(F)C1=CCc2ccccc21. The smallest absolute Gasteiger partial charge is 0.241 e. The molecule has 0 radical (unpaired) electrons. The zero-order valence-corrected chi connectivity index (χ0v) is 8.31. The molecule has 0 heterocycles. The summed E-state index contributed by atoms with van der Waals surface area (Å²) in [5, 5.41) is 0. The maximum atomic E-state index is 13.5. The van der Waals surface area contributed by atoms with Crippen LogP contribution in [0.15, 0.2) is 30.3 Å². The van der Waals surface area contributed by atoms with E-state index in [1.54, 1.807) is 24.3 Å². The van der Waals surface area contributed by atoms with Crippen molar-refractivity contribution in [2.24, 2.45) is 0 Å². The molecule has 1 unspecified atom stereocenters. The molecule has 0 aromatic heterocycles. The molecule has 1 aromatic rings. The third-order valence-corrected chi connectivity index (χ3v) is 2.69. The average molecular weight is 212 g/mol. The monoisotopic (exact) mass is 212 g/mol. The molecule has 0 nitrogen and oxygen atoms in total. The molecule has 0 saturated carbocycles. The lowest BCUT2D eigenvalue weighted by Crippen LogP contribution is -2.28. The molecule has 0 fully saturated rings. The van der Waals surface area contributed by atoms with Crippen LogP contribution in [0.2, 0.25) is 0 Å². The Kier molecular flexibility index (Phi) is 2.33. The molecule has 0 spiro atoms. The molecule has 1 aromatic carbocycles. The Morgan fingerprint density at radius 1 is 1.27 bits per heavy atom. The van der Waals surface area contributed by atoms with Crippen molar-refractivity contribution in [3.05, 3.63) is 41.5 Å². The molecule has 0 bridgehead atoms. The van der Waals surface area contributed by atoms with Gasteiger partial charge >= 0.3 is 5.92 Å². The van der Waals surface area contributed by atoms with Gasteiger partial charge in [0.1, 0.15) is 0 Å². The fraction of sp³-hybridized carbons (Fsp3) is 0.333. The Morgan fingerprint density at radius 3 is 2.60 bits per heavy atom. The summed E-state index contributed by atoms with van der Waals surface area (Å²) in [6, 6.07) is 6.89. The van der Waals surface area contributed by atoms with Crippen molar-refractivity contribution in [3.8, 4) is 0 Å². The largest absolute Gasteiger partial charge is 0.303 e. The van der Waals surface area contributed by atoms with Gasteiger partial charge in [0.25, 0.3) is 0 Å². The first-order chi connectivity index (χ1) is 7.03. The van der Waals surface area contributed by atoms with E-state index in [9.17, 15) is 13.2 Å². The van der Waals surface area contributed by atoms with Crippen LogP contribution < -0.4 is 0 Å². The van der Waals surface area contributed by atoms with Crippen LogP contribution in [-0.2, 0) is 6.42 Å². The Balaban J connectivity index is 2.43. The van der Waals surface area contributed by atoms with Gasteiger partial charge in [0.05, 0.1) is 0 Å². The molecule has 1 atom stereocenters. The maximum absolute atomic E-state index is 13.5. The zero-order chi connectivity index (χ0) is 11.1. The standard InChI is InChI=1S/C12H11F3/c1-8(13)12(14,15)11-7-6-9-4-2-3-5-10(9)11/h2-5,7-8H,6H2,1H3. The van der Waals surface area contributed by atoms with E-state index in [0.717, 1.165) is 12.5 Å². The van der Waals surface area contributed by atoms with Crippen molar-refractivity contribution in [1.29, 1.82) is 0 Å². The van der Waals surface area contributed by atoms with Gasteiger partial charge in [0.15, 0.2) is 6.17 Å². The van der Waals surface area contributed by atoms with Crippen molar-refractivity contribution in [2.75, 3.05) is 0 Å². The van der Waals surface area contributed by atoms with Crippen molar-refractivity contribution in [1.82, 2.24) is 0 Å². The second-order valence-corrected chi connectivity index (χ2v) is 3.72. The Hall–Kier alpha value is -1.25. The van der Waals surface area contributed by atoms with Crippen molar-refractivity contribution in [2.45, 2.75) is 25.4 Å². The van der Waals surface area contributed by atoms with Gasteiger partial charge in [0.2, 0.25) is 0 Å². The number of hydrogen-bond acceptors (Lipinski definition) is 0. The molecule has 0 N–H and O–H groups in total. The normalized spacial score (nSPS) is 17.2. The summed E-state index contributed by atoms with van der Waals surface area (Å²) in [6.45, 7) is 0.891. The highest BCUT2D eigenvalue weighted by Gasteiger charge is 2.43. The highest BCUT2D eigenvalue weighted by atomic mass is 19.3. The number of allylic oxidation sites excluding steroid dienone is 2. The average Bonchev–Trinajstić information content (AvgIpc) is 2.61. The van der Waals surface area contributed by atoms with Crippen LogP contribution in [0.4, 0.5) is 13.2 Å². The summed E-state index contributed by atoms with van der Waals surface area (Å²) in [6.07, 6.45) is -0.274. The van der Waals surface area contributed by atoms with E-state index in [1.165, 1.54) is 6.08 Å². The molecule has 0 amide bonds. The van der Waals surface area contributed by atoms with Gasteiger partial charge in [-0.3, -0.25) is 0 Å². The molecule has 1 aliphatic carbocycles.